The smallest absolute Gasteiger partial charge is 0.129 e. The lowest BCUT2D eigenvalue weighted by atomic mass is 9.99. The predicted octanol–water partition coefficient (Wildman–Crippen LogP) is 3.34. The molecule has 4 rings (SSSR count). The number of hydrogen-bond acceptors (Lipinski definition) is 4. The first-order chi connectivity index (χ1) is 12.3. The molecule has 0 aliphatic carbocycles. The molecule has 0 spiro atoms. The van der Waals surface area contributed by atoms with E-state index >= 15 is 0 Å². The highest BCUT2D eigenvalue weighted by Crippen LogP contribution is 2.29. The van der Waals surface area contributed by atoms with Crippen molar-refractivity contribution >= 4 is 11.4 Å². The van der Waals surface area contributed by atoms with E-state index in [-0.39, 0.29) is 0 Å². The summed E-state index contributed by atoms with van der Waals surface area (Å²) in [4.78, 5) is 9.82. The summed E-state index contributed by atoms with van der Waals surface area (Å²) in [5.41, 5.74) is 5.19. The molecule has 1 saturated heterocycles. The first-order valence-corrected chi connectivity index (χ1v) is 9.08. The van der Waals surface area contributed by atoms with Crippen molar-refractivity contribution in [1.29, 1.82) is 0 Å². The Labute approximate surface area is 149 Å². The number of rotatable bonds is 3. The van der Waals surface area contributed by atoms with Crippen LogP contribution < -0.4 is 4.90 Å². The van der Waals surface area contributed by atoms with Gasteiger partial charge in [0.25, 0.3) is 0 Å². The fraction of sp³-hybridized carbons (Fsp3) is 0.381. The maximum Gasteiger partial charge on any atom is 0.129 e. The van der Waals surface area contributed by atoms with Crippen molar-refractivity contribution in [1.82, 2.24) is 9.88 Å². The van der Waals surface area contributed by atoms with Crippen molar-refractivity contribution in [2.75, 3.05) is 37.7 Å². The van der Waals surface area contributed by atoms with Crippen molar-refractivity contribution in [3.05, 3.63) is 65.4 Å². The Hall–Kier alpha value is -2.17. The van der Waals surface area contributed by atoms with Crippen LogP contribution in [0.5, 0.6) is 0 Å². The van der Waals surface area contributed by atoms with Crippen molar-refractivity contribution in [3.63, 3.8) is 0 Å². The lowest BCUT2D eigenvalue weighted by Gasteiger charge is -2.32. The fourth-order valence-corrected chi connectivity index (χ4v) is 3.65. The van der Waals surface area contributed by atoms with Gasteiger partial charge in [-0.1, -0.05) is 42.5 Å². The van der Waals surface area contributed by atoms with Gasteiger partial charge in [-0.25, -0.2) is 4.98 Å². The zero-order valence-corrected chi connectivity index (χ0v) is 14.8. The quantitative estimate of drug-likeness (QED) is 0.860. The van der Waals surface area contributed by atoms with Gasteiger partial charge in [-0.05, 0) is 29.7 Å². The molecule has 2 aliphatic heterocycles. The van der Waals surface area contributed by atoms with Gasteiger partial charge >= 0.3 is 0 Å². The van der Waals surface area contributed by atoms with Gasteiger partial charge in [0, 0.05) is 32.7 Å². The largest absolute Gasteiger partial charge is 0.378 e. The number of hydrogen-bond donors (Lipinski definition) is 0. The summed E-state index contributed by atoms with van der Waals surface area (Å²) < 4.78 is 5.46. The van der Waals surface area contributed by atoms with Gasteiger partial charge < -0.3 is 9.64 Å². The number of anilines is 1. The van der Waals surface area contributed by atoms with Crippen LogP contribution in [0.1, 0.15) is 23.7 Å². The van der Waals surface area contributed by atoms with Crippen LogP contribution >= 0.6 is 0 Å². The zero-order chi connectivity index (χ0) is 17.1. The number of fused-ring (bicyclic) bond motifs is 1. The maximum absolute atomic E-state index is 5.46. The van der Waals surface area contributed by atoms with Crippen LogP contribution in [-0.4, -0.2) is 42.7 Å². The molecule has 0 amide bonds. The molecule has 1 fully saturated rings. The molecule has 2 aliphatic rings. The van der Waals surface area contributed by atoms with Crippen LogP contribution in [0, 0.1) is 0 Å². The molecule has 4 heteroatoms. The maximum atomic E-state index is 5.46. The third kappa shape index (κ3) is 3.60. The molecule has 25 heavy (non-hydrogen) atoms. The van der Waals surface area contributed by atoms with Crippen LogP contribution in [0.15, 0.2) is 48.5 Å². The lowest BCUT2D eigenvalue weighted by Crippen LogP contribution is -2.37. The summed E-state index contributed by atoms with van der Waals surface area (Å²) in [5.74, 6) is 1.08. The SMILES string of the molecule is C/C=C1\CN(Cc2ccccc2)Cc2ccc(N3CCOCC3)nc21. The molecule has 0 atom stereocenters. The molecule has 1 aromatic heterocycles. The first-order valence-electron chi connectivity index (χ1n) is 9.08. The second kappa shape index (κ2) is 7.38. The number of morpholine rings is 1. The van der Waals surface area contributed by atoms with Crippen molar-refractivity contribution in [2.45, 2.75) is 20.0 Å². The Morgan fingerprint density at radius 3 is 2.60 bits per heavy atom. The lowest BCUT2D eigenvalue weighted by molar-refractivity contribution is 0.122. The number of pyridine rings is 1. The van der Waals surface area contributed by atoms with E-state index in [4.69, 9.17) is 9.72 Å². The third-order valence-corrected chi connectivity index (χ3v) is 4.99. The van der Waals surface area contributed by atoms with Gasteiger partial charge in [-0.3, -0.25) is 4.90 Å². The second-order valence-electron chi connectivity index (χ2n) is 6.72. The highest BCUT2D eigenvalue weighted by Gasteiger charge is 2.23. The van der Waals surface area contributed by atoms with Crippen LogP contribution in [0.3, 0.4) is 0 Å². The molecule has 2 aromatic rings. The van der Waals surface area contributed by atoms with Gasteiger partial charge in [-0.15, -0.1) is 0 Å². The van der Waals surface area contributed by atoms with Gasteiger partial charge in [0.15, 0.2) is 0 Å². The summed E-state index contributed by atoms with van der Waals surface area (Å²) in [7, 11) is 0. The number of aromatic nitrogens is 1. The summed E-state index contributed by atoms with van der Waals surface area (Å²) in [6.07, 6.45) is 2.21. The van der Waals surface area contributed by atoms with E-state index in [2.05, 4.69) is 65.3 Å². The minimum Gasteiger partial charge on any atom is -0.378 e. The van der Waals surface area contributed by atoms with E-state index in [1.54, 1.807) is 0 Å². The average Bonchev–Trinajstić information content (AvgIpc) is 2.68. The fourth-order valence-electron chi connectivity index (χ4n) is 3.65. The van der Waals surface area contributed by atoms with Gasteiger partial charge in [0.05, 0.1) is 18.9 Å². The molecule has 0 saturated carbocycles. The Bertz CT molecular complexity index is 751. The van der Waals surface area contributed by atoms with Gasteiger partial charge in [0.1, 0.15) is 5.82 Å². The number of allylic oxidation sites excluding steroid dienone is 1. The molecule has 130 valence electrons. The first kappa shape index (κ1) is 16.3. The van der Waals surface area contributed by atoms with E-state index in [0.717, 1.165) is 51.8 Å². The molecule has 3 heterocycles. The number of nitrogens with zero attached hydrogens (tertiary/aromatic N) is 3. The minimum atomic E-state index is 0.792. The molecule has 0 bridgehead atoms. The monoisotopic (exact) mass is 335 g/mol. The van der Waals surface area contributed by atoms with E-state index < -0.39 is 0 Å². The third-order valence-electron chi connectivity index (χ3n) is 4.99. The topological polar surface area (TPSA) is 28.6 Å². The molecule has 0 radical (unpaired) electrons. The Morgan fingerprint density at radius 2 is 1.84 bits per heavy atom. The summed E-state index contributed by atoms with van der Waals surface area (Å²) in [6, 6.07) is 15.1. The predicted molar refractivity (Wildman–Crippen MR) is 101 cm³/mol. The molecular formula is C21H25N3O. The molecule has 4 nitrogen and oxygen atoms in total. The molecular weight excluding hydrogens is 310 g/mol. The van der Waals surface area contributed by atoms with Gasteiger partial charge in [0.2, 0.25) is 0 Å². The van der Waals surface area contributed by atoms with Crippen molar-refractivity contribution in [2.24, 2.45) is 0 Å². The zero-order valence-electron chi connectivity index (χ0n) is 14.8. The van der Waals surface area contributed by atoms with Crippen LogP contribution in [0.25, 0.3) is 5.57 Å². The Kier molecular flexibility index (Phi) is 4.81. The number of ether oxygens (including phenoxy) is 1. The second-order valence-corrected chi connectivity index (χ2v) is 6.72. The minimum absolute atomic E-state index is 0.792. The highest BCUT2D eigenvalue weighted by atomic mass is 16.5. The van der Waals surface area contributed by atoms with E-state index in [0.29, 0.717) is 0 Å². The summed E-state index contributed by atoms with van der Waals surface area (Å²) in [5, 5.41) is 0. The van der Waals surface area contributed by atoms with Crippen LogP contribution in [-0.2, 0) is 17.8 Å². The molecule has 0 unspecified atom stereocenters. The van der Waals surface area contributed by atoms with Crippen molar-refractivity contribution in [3.8, 4) is 0 Å². The standard InChI is InChI=1S/C21H25N3O/c1-2-18-15-23(14-17-6-4-3-5-7-17)16-19-8-9-20(22-21(18)19)24-10-12-25-13-11-24/h2-9H,10-16H2,1H3/b18-2+. The van der Waals surface area contributed by atoms with Crippen LogP contribution in [0.4, 0.5) is 5.82 Å². The normalized spacial score (nSPS) is 19.9. The Morgan fingerprint density at radius 1 is 1.04 bits per heavy atom. The van der Waals surface area contributed by atoms with Crippen molar-refractivity contribution < 1.29 is 4.74 Å². The Balaban J connectivity index is 1.56. The summed E-state index contributed by atoms with van der Waals surface area (Å²) >= 11 is 0. The van der Waals surface area contributed by atoms with Gasteiger partial charge in [-0.2, -0.15) is 0 Å². The van der Waals surface area contributed by atoms with E-state index in [1.165, 1.54) is 22.4 Å². The van der Waals surface area contributed by atoms with E-state index in [1.807, 2.05) is 0 Å². The molecule has 1 aromatic carbocycles. The number of benzene rings is 1. The average molecular weight is 335 g/mol. The highest BCUT2D eigenvalue weighted by molar-refractivity contribution is 5.69. The summed E-state index contributed by atoms with van der Waals surface area (Å²) in [6.45, 7) is 8.45. The van der Waals surface area contributed by atoms with Crippen LogP contribution in [0.2, 0.25) is 0 Å². The van der Waals surface area contributed by atoms with E-state index in [9.17, 15) is 0 Å². The molecule has 0 N–H and O–H groups in total.